The highest BCUT2D eigenvalue weighted by atomic mass is 15.2. The highest BCUT2D eigenvalue weighted by Crippen LogP contribution is 1.97. The fraction of sp³-hybridized carbons (Fsp3) is 0.571. The fourth-order valence-electron chi connectivity index (χ4n) is 1.08. The van der Waals surface area contributed by atoms with Crippen molar-refractivity contribution in [1.82, 2.24) is 10.2 Å². The molecule has 0 spiro atoms. The molecule has 0 aromatic carbocycles. The van der Waals surface area contributed by atoms with Crippen LogP contribution in [0.2, 0.25) is 0 Å². The van der Waals surface area contributed by atoms with Gasteiger partial charge in [-0.05, 0) is 0 Å². The summed E-state index contributed by atoms with van der Waals surface area (Å²) >= 11 is 0. The molecule has 3 N–H and O–H groups in total. The van der Waals surface area contributed by atoms with Crippen LogP contribution in [0.5, 0.6) is 0 Å². The van der Waals surface area contributed by atoms with Gasteiger partial charge in [-0.15, -0.1) is 0 Å². The minimum Gasteiger partial charge on any atom is -0.385 e. The Kier molecular flexibility index (Phi) is 2.75. The van der Waals surface area contributed by atoms with Crippen molar-refractivity contribution in [1.29, 1.82) is 5.26 Å². The SMILES string of the molecule is N#C/C=C(/N)N1CCNCC1. The molecule has 0 aromatic rings. The molecule has 0 aliphatic carbocycles. The van der Waals surface area contributed by atoms with Crippen LogP contribution in [0.3, 0.4) is 0 Å². The van der Waals surface area contributed by atoms with E-state index in [1.807, 2.05) is 11.0 Å². The molecule has 11 heavy (non-hydrogen) atoms. The highest BCUT2D eigenvalue weighted by Gasteiger charge is 2.09. The number of hydrogen-bond acceptors (Lipinski definition) is 4. The van der Waals surface area contributed by atoms with Gasteiger partial charge in [0.1, 0.15) is 5.82 Å². The van der Waals surface area contributed by atoms with Crippen molar-refractivity contribution in [2.75, 3.05) is 26.2 Å². The predicted octanol–water partition coefficient (Wildman–Crippen LogP) is -0.785. The maximum atomic E-state index is 8.32. The van der Waals surface area contributed by atoms with Gasteiger partial charge in [0.25, 0.3) is 0 Å². The summed E-state index contributed by atoms with van der Waals surface area (Å²) in [6.07, 6.45) is 1.38. The summed E-state index contributed by atoms with van der Waals surface area (Å²) in [7, 11) is 0. The zero-order valence-corrected chi connectivity index (χ0v) is 6.38. The molecular weight excluding hydrogens is 140 g/mol. The summed E-state index contributed by atoms with van der Waals surface area (Å²) in [6, 6.07) is 1.92. The third-order valence-corrected chi connectivity index (χ3v) is 1.69. The highest BCUT2D eigenvalue weighted by molar-refractivity contribution is 5.09. The maximum Gasteiger partial charge on any atom is 0.109 e. The van der Waals surface area contributed by atoms with Crippen LogP contribution in [0.25, 0.3) is 0 Å². The quantitative estimate of drug-likeness (QED) is 0.483. The molecule has 0 unspecified atom stereocenters. The first-order valence-electron chi connectivity index (χ1n) is 3.65. The van der Waals surface area contributed by atoms with Crippen LogP contribution >= 0.6 is 0 Å². The number of nitrogens with two attached hydrogens (primary N) is 1. The molecule has 1 heterocycles. The van der Waals surface area contributed by atoms with Gasteiger partial charge < -0.3 is 16.0 Å². The van der Waals surface area contributed by atoms with E-state index in [1.54, 1.807) is 0 Å². The second-order valence-corrected chi connectivity index (χ2v) is 2.44. The molecule has 1 saturated heterocycles. The van der Waals surface area contributed by atoms with Crippen molar-refractivity contribution < 1.29 is 0 Å². The van der Waals surface area contributed by atoms with Gasteiger partial charge in [0.05, 0.1) is 12.1 Å². The molecule has 0 saturated carbocycles. The van der Waals surface area contributed by atoms with Crippen molar-refractivity contribution in [3.05, 3.63) is 11.9 Å². The van der Waals surface area contributed by atoms with Crippen LogP contribution in [0.15, 0.2) is 11.9 Å². The number of nitrogens with one attached hydrogen (secondary N) is 1. The normalized spacial score (nSPS) is 19.5. The van der Waals surface area contributed by atoms with Crippen molar-refractivity contribution >= 4 is 0 Å². The summed E-state index contributed by atoms with van der Waals surface area (Å²) in [6.45, 7) is 3.67. The number of allylic oxidation sites excluding steroid dienone is 1. The summed E-state index contributed by atoms with van der Waals surface area (Å²) in [4.78, 5) is 2.00. The molecule has 4 nitrogen and oxygen atoms in total. The first-order chi connectivity index (χ1) is 5.34. The molecule has 60 valence electrons. The molecule has 1 aliphatic heterocycles. The predicted molar refractivity (Wildman–Crippen MR) is 42.3 cm³/mol. The van der Waals surface area contributed by atoms with Crippen LogP contribution < -0.4 is 11.1 Å². The lowest BCUT2D eigenvalue weighted by Crippen LogP contribution is -2.44. The first-order valence-corrected chi connectivity index (χ1v) is 3.65. The molecule has 4 heteroatoms. The van der Waals surface area contributed by atoms with E-state index in [9.17, 15) is 0 Å². The van der Waals surface area contributed by atoms with Gasteiger partial charge in [0, 0.05) is 26.2 Å². The topological polar surface area (TPSA) is 65.1 Å². The fourth-order valence-corrected chi connectivity index (χ4v) is 1.08. The third kappa shape index (κ3) is 2.13. The second kappa shape index (κ2) is 3.84. The third-order valence-electron chi connectivity index (χ3n) is 1.69. The molecular formula is C7H12N4. The van der Waals surface area contributed by atoms with Crippen molar-refractivity contribution in [3.63, 3.8) is 0 Å². The minimum atomic E-state index is 0.578. The summed E-state index contributed by atoms with van der Waals surface area (Å²) in [5.74, 6) is 0.578. The van der Waals surface area contributed by atoms with Crippen molar-refractivity contribution in [3.8, 4) is 6.07 Å². The molecule has 0 radical (unpaired) electrons. The number of nitrogens with zero attached hydrogens (tertiary/aromatic N) is 2. The molecule has 1 aliphatic rings. The zero-order chi connectivity index (χ0) is 8.10. The van der Waals surface area contributed by atoms with E-state index in [0.29, 0.717) is 5.82 Å². The standard InChI is InChI=1S/C7H12N4/c8-2-1-7(9)11-5-3-10-4-6-11/h1,10H,3-6,9H2/b7-1-. The van der Waals surface area contributed by atoms with Crippen molar-refractivity contribution in [2.24, 2.45) is 5.73 Å². The average Bonchev–Trinajstić information content (AvgIpc) is 2.07. The Hall–Kier alpha value is -1.21. The van der Waals surface area contributed by atoms with Gasteiger partial charge in [-0.1, -0.05) is 0 Å². The number of rotatable bonds is 1. The largest absolute Gasteiger partial charge is 0.385 e. The number of nitriles is 1. The second-order valence-electron chi connectivity index (χ2n) is 2.44. The van der Waals surface area contributed by atoms with E-state index in [-0.39, 0.29) is 0 Å². The Morgan fingerprint density at radius 3 is 2.73 bits per heavy atom. The molecule has 1 rings (SSSR count). The van der Waals surface area contributed by atoms with E-state index in [4.69, 9.17) is 11.0 Å². The van der Waals surface area contributed by atoms with Gasteiger partial charge in [-0.3, -0.25) is 0 Å². The lowest BCUT2D eigenvalue weighted by Gasteiger charge is -2.28. The molecule has 0 atom stereocenters. The zero-order valence-electron chi connectivity index (χ0n) is 6.38. The lowest BCUT2D eigenvalue weighted by molar-refractivity contribution is 0.296. The smallest absolute Gasteiger partial charge is 0.109 e. The van der Waals surface area contributed by atoms with Crippen molar-refractivity contribution in [2.45, 2.75) is 0 Å². The van der Waals surface area contributed by atoms with E-state index >= 15 is 0 Å². The monoisotopic (exact) mass is 152 g/mol. The Morgan fingerprint density at radius 1 is 1.55 bits per heavy atom. The van der Waals surface area contributed by atoms with Gasteiger partial charge in [-0.2, -0.15) is 5.26 Å². The van der Waals surface area contributed by atoms with Crippen LogP contribution in [-0.2, 0) is 0 Å². The molecule has 0 aromatic heterocycles. The summed E-state index contributed by atoms with van der Waals surface area (Å²) in [5.41, 5.74) is 5.60. The summed E-state index contributed by atoms with van der Waals surface area (Å²) < 4.78 is 0. The van der Waals surface area contributed by atoms with Crippen LogP contribution in [-0.4, -0.2) is 31.1 Å². The van der Waals surface area contributed by atoms with E-state index in [2.05, 4.69) is 5.32 Å². The Labute approximate surface area is 66.3 Å². The molecule has 0 bridgehead atoms. The Bertz CT molecular complexity index is 185. The van der Waals surface area contributed by atoms with Gasteiger partial charge in [-0.25, -0.2) is 0 Å². The van der Waals surface area contributed by atoms with Crippen LogP contribution in [0.4, 0.5) is 0 Å². The van der Waals surface area contributed by atoms with E-state index in [0.717, 1.165) is 26.2 Å². The Morgan fingerprint density at radius 2 is 2.18 bits per heavy atom. The Balaban J connectivity index is 2.46. The molecule has 1 fully saturated rings. The number of piperazine rings is 1. The van der Waals surface area contributed by atoms with Gasteiger partial charge in [0.15, 0.2) is 0 Å². The maximum absolute atomic E-state index is 8.32. The first kappa shape index (κ1) is 7.89. The minimum absolute atomic E-state index is 0.578. The average molecular weight is 152 g/mol. The van der Waals surface area contributed by atoms with E-state index < -0.39 is 0 Å². The summed E-state index contributed by atoms with van der Waals surface area (Å²) in [5, 5.41) is 11.5. The van der Waals surface area contributed by atoms with Crippen LogP contribution in [0, 0.1) is 11.3 Å². The van der Waals surface area contributed by atoms with Gasteiger partial charge >= 0.3 is 0 Å². The van der Waals surface area contributed by atoms with E-state index in [1.165, 1.54) is 6.08 Å². The van der Waals surface area contributed by atoms with Crippen LogP contribution in [0.1, 0.15) is 0 Å². The molecule has 0 amide bonds. The lowest BCUT2D eigenvalue weighted by atomic mass is 10.3. The van der Waals surface area contributed by atoms with Gasteiger partial charge in [0.2, 0.25) is 0 Å². The number of hydrogen-bond donors (Lipinski definition) is 2.